The number of unbranched alkanes of at least 4 members (excludes halogenated alkanes) is 10. The zero-order chi connectivity index (χ0) is 24.4. The molecule has 0 aliphatic carbocycles. The Hall–Kier alpha value is -1.32. The topological polar surface area (TPSA) is 28.2 Å². The van der Waals surface area contributed by atoms with Crippen molar-refractivity contribution in [3.8, 4) is 0 Å². The van der Waals surface area contributed by atoms with E-state index in [2.05, 4.69) is 48.1 Å². The van der Waals surface area contributed by atoms with E-state index in [1.165, 1.54) is 110 Å². The Bertz CT molecular complexity index is 763. The zero-order valence-corrected chi connectivity index (χ0v) is 23.0. The van der Waals surface area contributed by atoms with Gasteiger partial charge in [-0.1, -0.05) is 89.7 Å². The summed E-state index contributed by atoms with van der Waals surface area (Å²) in [6, 6.07) is 8.48. The van der Waals surface area contributed by atoms with Crippen molar-refractivity contribution in [1.29, 1.82) is 0 Å². The molecule has 0 bridgehead atoms. The van der Waals surface area contributed by atoms with Crippen LogP contribution < -0.4 is 5.32 Å². The van der Waals surface area contributed by atoms with Gasteiger partial charge in [0.15, 0.2) is 0 Å². The van der Waals surface area contributed by atoms with E-state index in [9.17, 15) is 0 Å². The second-order valence-corrected chi connectivity index (χ2v) is 10.5. The Morgan fingerprint density at radius 2 is 1.38 bits per heavy atom. The molecule has 0 unspecified atom stereocenters. The SMILES string of the molecule is CCCCCCCCN(CCCCCCCC)CCC[C@@H](C)Nc1ccnc2cc(Cl)ccc12. The smallest absolute Gasteiger partial charge is 0.0737 e. The van der Waals surface area contributed by atoms with Crippen LogP contribution in [-0.2, 0) is 0 Å². The third-order valence-corrected chi connectivity index (χ3v) is 7.11. The number of rotatable bonds is 20. The van der Waals surface area contributed by atoms with E-state index in [-0.39, 0.29) is 0 Å². The molecule has 4 heteroatoms. The van der Waals surface area contributed by atoms with Gasteiger partial charge >= 0.3 is 0 Å². The summed E-state index contributed by atoms with van der Waals surface area (Å²) in [5.41, 5.74) is 2.11. The lowest BCUT2D eigenvalue weighted by molar-refractivity contribution is 0.254. The minimum Gasteiger partial charge on any atom is -0.382 e. The molecule has 0 fully saturated rings. The third-order valence-electron chi connectivity index (χ3n) is 6.87. The average molecular weight is 488 g/mol. The van der Waals surface area contributed by atoms with Crippen LogP contribution >= 0.6 is 11.6 Å². The fourth-order valence-electron chi connectivity index (χ4n) is 4.77. The molecule has 0 radical (unpaired) electrons. The van der Waals surface area contributed by atoms with E-state index >= 15 is 0 Å². The van der Waals surface area contributed by atoms with Crippen LogP contribution in [0.5, 0.6) is 0 Å². The molecule has 2 rings (SSSR count). The Balaban J connectivity index is 1.75. The van der Waals surface area contributed by atoms with Gasteiger partial charge in [-0.2, -0.15) is 0 Å². The molecule has 1 aromatic heterocycles. The molecule has 0 aliphatic rings. The highest BCUT2D eigenvalue weighted by molar-refractivity contribution is 6.31. The van der Waals surface area contributed by atoms with Gasteiger partial charge in [-0.15, -0.1) is 0 Å². The molecule has 0 saturated heterocycles. The summed E-state index contributed by atoms with van der Waals surface area (Å²) in [5.74, 6) is 0. The number of benzene rings is 1. The van der Waals surface area contributed by atoms with Crippen molar-refractivity contribution >= 4 is 28.2 Å². The van der Waals surface area contributed by atoms with Gasteiger partial charge in [0.05, 0.1) is 5.52 Å². The van der Waals surface area contributed by atoms with E-state index in [1.54, 1.807) is 0 Å². The van der Waals surface area contributed by atoms with Crippen molar-refractivity contribution in [2.75, 3.05) is 25.0 Å². The van der Waals surface area contributed by atoms with Gasteiger partial charge in [0.25, 0.3) is 0 Å². The molecular formula is C30H50ClN3. The molecule has 1 aromatic carbocycles. The zero-order valence-electron chi connectivity index (χ0n) is 22.3. The van der Waals surface area contributed by atoms with Crippen LogP contribution in [0.25, 0.3) is 10.9 Å². The van der Waals surface area contributed by atoms with Crippen molar-refractivity contribution in [2.24, 2.45) is 0 Å². The Morgan fingerprint density at radius 3 is 2.03 bits per heavy atom. The van der Waals surface area contributed by atoms with Crippen LogP contribution in [0.2, 0.25) is 5.02 Å². The van der Waals surface area contributed by atoms with Crippen molar-refractivity contribution in [3.05, 3.63) is 35.5 Å². The summed E-state index contributed by atoms with van der Waals surface area (Å²) in [6.07, 6.45) is 20.9. The average Bonchev–Trinajstić information content (AvgIpc) is 2.83. The number of hydrogen-bond donors (Lipinski definition) is 1. The van der Waals surface area contributed by atoms with Gasteiger partial charge in [-0.05, 0) is 76.5 Å². The van der Waals surface area contributed by atoms with Gasteiger partial charge < -0.3 is 10.2 Å². The van der Waals surface area contributed by atoms with Crippen LogP contribution in [0.1, 0.15) is 111 Å². The molecule has 0 spiro atoms. The van der Waals surface area contributed by atoms with Crippen molar-refractivity contribution in [3.63, 3.8) is 0 Å². The standard InChI is InChI=1S/C30H50ClN3/c1-4-6-8-10-12-14-22-34(23-15-13-11-9-7-5-2)24-16-17-26(3)33-29-20-21-32-30-25-27(31)18-19-28(29)30/h18-21,25-26H,4-17,22-24H2,1-3H3,(H,32,33)/t26-/m1/s1. The molecule has 2 aromatic rings. The van der Waals surface area contributed by atoms with E-state index in [0.717, 1.165) is 21.6 Å². The normalized spacial score (nSPS) is 12.5. The molecule has 192 valence electrons. The van der Waals surface area contributed by atoms with Crippen LogP contribution in [0.4, 0.5) is 5.69 Å². The lowest BCUT2D eigenvalue weighted by Crippen LogP contribution is -2.28. The largest absolute Gasteiger partial charge is 0.382 e. The third kappa shape index (κ3) is 11.9. The maximum absolute atomic E-state index is 6.15. The number of anilines is 1. The van der Waals surface area contributed by atoms with Crippen LogP contribution in [-0.4, -0.2) is 35.6 Å². The van der Waals surface area contributed by atoms with Gasteiger partial charge in [0.2, 0.25) is 0 Å². The van der Waals surface area contributed by atoms with E-state index in [4.69, 9.17) is 11.6 Å². The predicted molar refractivity (Wildman–Crippen MR) is 152 cm³/mol. The summed E-state index contributed by atoms with van der Waals surface area (Å²) >= 11 is 6.15. The van der Waals surface area contributed by atoms with Crippen molar-refractivity contribution < 1.29 is 0 Å². The predicted octanol–water partition coefficient (Wildman–Crippen LogP) is 9.49. The number of fused-ring (bicyclic) bond motifs is 1. The fourth-order valence-corrected chi connectivity index (χ4v) is 4.94. The first-order chi connectivity index (χ1) is 16.6. The van der Waals surface area contributed by atoms with Crippen molar-refractivity contribution in [2.45, 2.75) is 117 Å². The minimum absolute atomic E-state index is 0.436. The van der Waals surface area contributed by atoms with Crippen LogP contribution in [0, 0.1) is 0 Å². The number of nitrogens with zero attached hydrogens (tertiary/aromatic N) is 2. The van der Waals surface area contributed by atoms with Crippen molar-refractivity contribution in [1.82, 2.24) is 9.88 Å². The lowest BCUT2D eigenvalue weighted by Gasteiger charge is -2.24. The molecule has 3 nitrogen and oxygen atoms in total. The first kappa shape index (κ1) is 28.9. The maximum atomic E-state index is 6.15. The number of halogens is 1. The maximum Gasteiger partial charge on any atom is 0.0737 e. The molecule has 1 atom stereocenters. The van der Waals surface area contributed by atoms with E-state index < -0.39 is 0 Å². The van der Waals surface area contributed by atoms with E-state index in [1.807, 2.05) is 18.3 Å². The fraction of sp³-hybridized carbons (Fsp3) is 0.700. The number of hydrogen-bond acceptors (Lipinski definition) is 3. The van der Waals surface area contributed by atoms with Gasteiger partial charge in [0.1, 0.15) is 0 Å². The highest BCUT2D eigenvalue weighted by atomic mass is 35.5. The number of pyridine rings is 1. The molecule has 1 N–H and O–H groups in total. The molecule has 0 aliphatic heterocycles. The van der Waals surface area contributed by atoms with Gasteiger partial charge in [-0.3, -0.25) is 4.98 Å². The summed E-state index contributed by atoms with van der Waals surface area (Å²) in [6.45, 7) is 10.7. The number of aromatic nitrogens is 1. The Labute approximate surface area is 215 Å². The first-order valence-electron chi connectivity index (χ1n) is 14.2. The first-order valence-corrected chi connectivity index (χ1v) is 14.5. The second-order valence-electron chi connectivity index (χ2n) is 10.1. The van der Waals surface area contributed by atoms with Gasteiger partial charge in [0, 0.05) is 28.3 Å². The molecule has 0 saturated carbocycles. The Morgan fingerprint density at radius 1 is 0.794 bits per heavy atom. The lowest BCUT2D eigenvalue weighted by atomic mass is 10.1. The molecular weight excluding hydrogens is 438 g/mol. The Kier molecular flexibility index (Phi) is 15.3. The summed E-state index contributed by atoms with van der Waals surface area (Å²) in [5, 5.41) is 5.60. The molecule has 34 heavy (non-hydrogen) atoms. The quantitative estimate of drug-likeness (QED) is 0.188. The van der Waals surface area contributed by atoms with Crippen LogP contribution in [0.15, 0.2) is 30.5 Å². The molecule has 0 amide bonds. The summed E-state index contributed by atoms with van der Waals surface area (Å²) in [4.78, 5) is 7.21. The monoisotopic (exact) mass is 487 g/mol. The van der Waals surface area contributed by atoms with E-state index in [0.29, 0.717) is 6.04 Å². The number of nitrogens with one attached hydrogen (secondary N) is 1. The highest BCUT2D eigenvalue weighted by Crippen LogP contribution is 2.25. The second kappa shape index (κ2) is 18.0. The van der Waals surface area contributed by atoms with Gasteiger partial charge in [-0.25, -0.2) is 0 Å². The minimum atomic E-state index is 0.436. The summed E-state index contributed by atoms with van der Waals surface area (Å²) in [7, 11) is 0. The molecule has 1 heterocycles. The highest BCUT2D eigenvalue weighted by Gasteiger charge is 2.09. The summed E-state index contributed by atoms with van der Waals surface area (Å²) < 4.78 is 0. The van der Waals surface area contributed by atoms with Crippen LogP contribution in [0.3, 0.4) is 0 Å².